The van der Waals surface area contributed by atoms with Crippen LogP contribution in [-0.4, -0.2) is 11.8 Å². The molecule has 0 bridgehead atoms. The van der Waals surface area contributed by atoms with E-state index in [1.165, 1.54) is 0 Å². The fourth-order valence-corrected chi connectivity index (χ4v) is 2.48. The van der Waals surface area contributed by atoms with Gasteiger partial charge in [0, 0.05) is 16.4 Å². The highest BCUT2D eigenvalue weighted by molar-refractivity contribution is 6.30. The number of anilines is 2. The van der Waals surface area contributed by atoms with Gasteiger partial charge in [0.05, 0.1) is 0 Å². The molecule has 0 aliphatic carbocycles. The molecule has 0 saturated carbocycles. The van der Waals surface area contributed by atoms with Gasteiger partial charge >= 0.3 is 0 Å². The van der Waals surface area contributed by atoms with Gasteiger partial charge in [-0.2, -0.15) is 0 Å². The van der Waals surface area contributed by atoms with Gasteiger partial charge in [0.2, 0.25) is 11.8 Å². The molecule has 2 amide bonds. The van der Waals surface area contributed by atoms with Crippen molar-refractivity contribution in [1.82, 2.24) is 0 Å². The molecule has 0 aliphatic rings. The molecule has 0 radical (unpaired) electrons. The molecule has 2 aromatic rings. The molecule has 0 saturated heterocycles. The lowest BCUT2D eigenvalue weighted by atomic mass is 10.1. The Kier molecular flexibility index (Phi) is 5.40. The van der Waals surface area contributed by atoms with Crippen LogP contribution in [0.15, 0.2) is 36.4 Å². The van der Waals surface area contributed by atoms with E-state index in [0.717, 1.165) is 22.4 Å². The number of halogens is 1. The van der Waals surface area contributed by atoms with Crippen molar-refractivity contribution in [3.63, 3.8) is 0 Å². The van der Waals surface area contributed by atoms with Gasteiger partial charge < -0.3 is 10.6 Å². The van der Waals surface area contributed by atoms with Crippen LogP contribution >= 0.6 is 11.6 Å². The molecule has 2 aromatic carbocycles. The van der Waals surface area contributed by atoms with Gasteiger partial charge in [-0.25, -0.2) is 0 Å². The first-order chi connectivity index (χ1) is 10.8. The van der Waals surface area contributed by atoms with Crippen LogP contribution in [0.5, 0.6) is 0 Å². The summed E-state index contributed by atoms with van der Waals surface area (Å²) in [7, 11) is 0. The highest BCUT2D eigenvalue weighted by Crippen LogP contribution is 2.20. The minimum Gasteiger partial charge on any atom is -0.325 e. The van der Waals surface area contributed by atoms with E-state index in [1.54, 1.807) is 18.2 Å². The Balaban J connectivity index is 1.95. The maximum absolute atomic E-state index is 12.0. The van der Waals surface area contributed by atoms with E-state index in [1.807, 2.05) is 39.0 Å². The van der Waals surface area contributed by atoms with Gasteiger partial charge in [-0.05, 0) is 56.2 Å². The highest BCUT2D eigenvalue weighted by atomic mass is 35.5. The summed E-state index contributed by atoms with van der Waals surface area (Å²) in [4.78, 5) is 24.0. The van der Waals surface area contributed by atoms with Crippen LogP contribution in [0.2, 0.25) is 5.02 Å². The predicted octanol–water partition coefficient (Wildman–Crippen LogP) is 4.23. The van der Waals surface area contributed by atoms with Crippen molar-refractivity contribution >= 4 is 34.8 Å². The molecule has 120 valence electrons. The van der Waals surface area contributed by atoms with Gasteiger partial charge in [-0.3, -0.25) is 9.59 Å². The monoisotopic (exact) mass is 330 g/mol. The van der Waals surface area contributed by atoms with Crippen molar-refractivity contribution in [2.45, 2.75) is 27.2 Å². The van der Waals surface area contributed by atoms with E-state index >= 15 is 0 Å². The van der Waals surface area contributed by atoms with Crippen LogP contribution < -0.4 is 10.6 Å². The minimum absolute atomic E-state index is 0.241. The Morgan fingerprint density at radius 1 is 0.870 bits per heavy atom. The Morgan fingerprint density at radius 3 is 1.91 bits per heavy atom. The molecule has 0 unspecified atom stereocenters. The van der Waals surface area contributed by atoms with E-state index in [4.69, 9.17) is 11.6 Å². The highest BCUT2D eigenvalue weighted by Gasteiger charge is 2.12. The second-order valence-corrected chi connectivity index (χ2v) is 5.99. The lowest BCUT2D eigenvalue weighted by Gasteiger charge is -2.10. The van der Waals surface area contributed by atoms with Crippen LogP contribution in [0.4, 0.5) is 11.4 Å². The second-order valence-electron chi connectivity index (χ2n) is 5.55. The lowest BCUT2D eigenvalue weighted by Crippen LogP contribution is -2.22. The van der Waals surface area contributed by atoms with Gasteiger partial charge in [0.1, 0.15) is 6.42 Å². The third-order valence-corrected chi connectivity index (χ3v) is 3.67. The van der Waals surface area contributed by atoms with Gasteiger partial charge in [-0.15, -0.1) is 0 Å². The fourth-order valence-electron chi connectivity index (χ4n) is 2.26. The zero-order chi connectivity index (χ0) is 17.0. The Labute approximate surface area is 140 Å². The van der Waals surface area contributed by atoms with E-state index in [-0.39, 0.29) is 18.2 Å². The summed E-state index contributed by atoms with van der Waals surface area (Å²) in [6.07, 6.45) is -0.241. The zero-order valence-corrected chi connectivity index (χ0v) is 14.1. The fraction of sp³-hybridized carbons (Fsp3) is 0.222. The van der Waals surface area contributed by atoms with Crippen molar-refractivity contribution < 1.29 is 9.59 Å². The third kappa shape index (κ3) is 4.83. The van der Waals surface area contributed by atoms with Crippen LogP contribution in [-0.2, 0) is 9.59 Å². The first kappa shape index (κ1) is 17.0. The second kappa shape index (κ2) is 7.29. The molecule has 0 heterocycles. The first-order valence-corrected chi connectivity index (χ1v) is 7.66. The Bertz CT molecular complexity index is 693. The summed E-state index contributed by atoms with van der Waals surface area (Å²) in [5, 5.41) is 6.08. The van der Waals surface area contributed by atoms with E-state index in [9.17, 15) is 9.59 Å². The Morgan fingerprint density at radius 2 is 1.39 bits per heavy atom. The zero-order valence-electron chi connectivity index (χ0n) is 13.4. The number of hydrogen-bond donors (Lipinski definition) is 2. The van der Waals surface area contributed by atoms with E-state index in [2.05, 4.69) is 10.6 Å². The summed E-state index contributed by atoms with van der Waals surface area (Å²) in [5.41, 5.74) is 4.30. The van der Waals surface area contributed by atoms with Gasteiger partial charge in [0.25, 0.3) is 0 Å². The number of carbonyl (C=O) groups is 2. The SMILES string of the molecule is Cc1ccc(NC(=O)CC(=O)Nc2ccc(Cl)cc2C)c(C)c1. The molecule has 0 aromatic heterocycles. The first-order valence-electron chi connectivity index (χ1n) is 7.28. The number of rotatable bonds is 4. The van der Waals surface area contributed by atoms with Crippen molar-refractivity contribution in [3.05, 3.63) is 58.1 Å². The topological polar surface area (TPSA) is 58.2 Å². The third-order valence-electron chi connectivity index (χ3n) is 3.44. The normalized spacial score (nSPS) is 10.3. The molecular weight excluding hydrogens is 312 g/mol. The van der Waals surface area contributed by atoms with Crippen molar-refractivity contribution in [2.24, 2.45) is 0 Å². The quantitative estimate of drug-likeness (QED) is 0.824. The molecule has 0 fully saturated rings. The van der Waals surface area contributed by atoms with E-state index < -0.39 is 0 Å². The van der Waals surface area contributed by atoms with Crippen LogP contribution in [0.1, 0.15) is 23.1 Å². The van der Waals surface area contributed by atoms with Crippen molar-refractivity contribution in [3.8, 4) is 0 Å². The van der Waals surface area contributed by atoms with Crippen LogP contribution in [0.3, 0.4) is 0 Å². The Hall–Kier alpha value is -2.33. The number of amides is 2. The summed E-state index contributed by atoms with van der Waals surface area (Å²) in [5.74, 6) is -0.709. The average molecular weight is 331 g/mol. The van der Waals surface area contributed by atoms with Crippen LogP contribution in [0.25, 0.3) is 0 Å². The van der Waals surface area contributed by atoms with E-state index in [0.29, 0.717) is 10.7 Å². The van der Waals surface area contributed by atoms with Crippen molar-refractivity contribution in [2.75, 3.05) is 10.6 Å². The van der Waals surface area contributed by atoms with Crippen molar-refractivity contribution in [1.29, 1.82) is 0 Å². The molecule has 5 heteroatoms. The number of hydrogen-bond acceptors (Lipinski definition) is 2. The number of aryl methyl sites for hydroxylation is 3. The summed E-state index contributed by atoms with van der Waals surface area (Å²) >= 11 is 5.88. The predicted molar refractivity (Wildman–Crippen MR) is 94.0 cm³/mol. The van der Waals surface area contributed by atoms with Gasteiger partial charge in [-0.1, -0.05) is 29.3 Å². The number of nitrogens with one attached hydrogen (secondary N) is 2. The molecule has 23 heavy (non-hydrogen) atoms. The molecule has 2 rings (SSSR count). The average Bonchev–Trinajstić information content (AvgIpc) is 2.45. The maximum Gasteiger partial charge on any atom is 0.233 e. The number of carbonyl (C=O) groups excluding carboxylic acids is 2. The van der Waals surface area contributed by atoms with Gasteiger partial charge in [0.15, 0.2) is 0 Å². The number of benzene rings is 2. The molecule has 2 N–H and O–H groups in total. The molecule has 4 nitrogen and oxygen atoms in total. The maximum atomic E-state index is 12.0. The molecule has 0 spiro atoms. The molecule has 0 aliphatic heterocycles. The largest absolute Gasteiger partial charge is 0.325 e. The minimum atomic E-state index is -0.363. The lowest BCUT2D eigenvalue weighted by molar-refractivity contribution is -0.123. The summed E-state index contributed by atoms with van der Waals surface area (Å²) in [6.45, 7) is 5.75. The smallest absolute Gasteiger partial charge is 0.233 e. The molecule has 0 atom stereocenters. The summed E-state index contributed by atoms with van der Waals surface area (Å²) < 4.78 is 0. The summed E-state index contributed by atoms with van der Waals surface area (Å²) in [6, 6.07) is 10.9. The molecular formula is C18H19ClN2O2. The standard InChI is InChI=1S/C18H19ClN2O2/c1-11-4-6-15(12(2)8-11)20-17(22)10-18(23)21-16-7-5-14(19)9-13(16)3/h4-9H,10H2,1-3H3,(H,20,22)(H,21,23). The van der Waals surface area contributed by atoms with Crippen LogP contribution in [0, 0.1) is 20.8 Å².